The summed E-state index contributed by atoms with van der Waals surface area (Å²) in [5, 5.41) is 18.8. The molecule has 2 aliphatic carbocycles. The molecule has 6 aromatic rings. The van der Waals surface area contributed by atoms with Crippen LogP contribution in [-0.2, 0) is 26.4 Å². The summed E-state index contributed by atoms with van der Waals surface area (Å²) < 4.78 is 91.6. The zero-order valence-corrected chi connectivity index (χ0v) is 41.3. The van der Waals surface area contributed by atoms with Gasteiger partial charge in [0.15, 0.2) is 34.6 Å². The van der Waals surface area contributed by atoms with Crippen molar-refractivity contribution in [1.82, 2.24) is 49.3 Å². The molecule has 368 valence electrons. The third-order valence-corrected chi connectivity index (χ3v) is 16.1. The Morgan fingerprint density at radius 3 is 1.32 bits per heavy atom. The minimum atomic E-state index is -4.27. The molecule has 2 saturated carbocycles. The topological polar surface area (TPSA) is 120 Å². The van der Waals surface area contributed by atoms with Crippen LogP contribution in [0.2, 0.25) is 0 Å². The van der Waals surface area contributed by atoms with Crippen molar-refractivity contribution in [1.29, 1.82) is 0 Å². The highest BCUT2D eigenvalue weighted by molar-refractivity contribution is 7.99. The first-order valence-corrected chi connectivity index (χ1v) is 24.1. The average Bonchev–Trinajstić information content (AvgIpc) is 3.64. The zero-order valence-electron chi connectivity index (χ0n) is 38.0. The number of likely N-dealkylation sites (tertiary alicyclic amines) is 2. The molecule has 22 heteroatoms. The van der Waals surface area contributed by atoms with Crippen molar-refractivity contribution < 1.29 is 35.2 Å². The molecule has 2 aromatic carbocycles. The molecule has 6 heterocycles. The van der Waals surface area contributed by atoms with E-state index >= 15 is 0 Å². The fourth-order valence-electron chi connectivity index (χ4n) is 9.91. The van der Waals surface area contributed by atoms with E-state index in [0.29, 0.717) is 35.0 Å². The molecule has 0 radical (unpaired) electrons. The first-order chi connectivity index (χ1) is 31.5. The van der Waals surface area contributed by atoms with Crippen molar-refractivity contribution in [3.63, 3.8) is 0 Å². The van der Waals surface area contributed by atoms with Gasteiger partial charge in [-0.3, -0.25) is 0 Å². The van der Waals surface area contributed by atoms with Crippen LogP contribution in [0.15, 0.2) is 80.5 Å². The summed E-state index contributed by atoms with van der Waals surface area (Å²) in [4.78, 5) is 13.2. The maximum absolute atomic E-state index is 12.8. The van der Waals surface area contributed by atoms with Gasteiger partial charge in [0.05, 0.1) is 22.5 Å². The van der Waals surface area contributed by atoms with Crippen molar-refractivity contribution in [2.45, 2.75) is 86.9 Å². The Kier molecular flexibility index (Phi) is 15.8. The summed E-state index contributed by atoms with van der Waals surface area (Å²) in [6.45, 7) is 9.96. The lowest BCUT2D eigenvalue weighted by Gasteiger charge is -2.16. The quantitative estimate of drug-likeness (QED) is 0.0587. The summed E-state index contributed by atoms with van der Waals surface area (Å²) in [6.07, 6.45) is 0.744. The Labute approximate surface area is 411 Å². The maximum Gasteiger partial charge on any atom is 0.416 e. The molecule has 0 unspecified atom stereocenters. The number of halogens is 8. The molecule has 0 amide bonds. The van der Waals surface area contributed by atoms with Crippen LogP contribution in [0.25, 0.3) is 23.2 Å². The van der Waals surface area contributed by atoms with Gasteiger partial charge < -0.3 is 27.8 Å². The molecule has 0 bridgehead atoms. The number of nitrogens with zero attached hydrogens (tertiary/aromatic N) is 10. The summed E-state index contributed by atoms with van der Waals surface area (Å²) >= 11 is 3.36. The van der Waals surface area contributed by atoms with E-state index in [1.807, 2.05) is 37.1 Å². The number of aromatic nitrogens is 8. The SMILES string of the molecule is Cc1ncoc1-c1nnc(SCCCN2CC[C@@]3(C[C@@H]3c3ccc(C(F)(F)F)cc3)C2)n1C.Cc1ncoc1-c1nnc(SCCCN2CC[C@]3(C[C@H]3c3ccc(C(F)(F)F)cc3)C2)n1C.Cl.Cl. The number of benzene rings is 2. The van der Waals surface area contributed by atoms with Gasteiger partial charge in [0.1, 0.15) is 0 Å². The average molecular weight is 1030 g/mol. The van der Waals surface area contributed by atoms with Crippen LogP contribution in [0.3, 0.4) is 0 Å². The third kappa shape index (κ3) is 11.1. The second kappa shape index (κ2) is 20.7. The first-order valence-electron chi connectivity index (χ1n) is 22.2. The fourth-order valence-corrected chi connectivity index (χ4v) is 11.6. The Balaban J connectivity index is 0.000000196. The number of hydrogen-bond donors (Lipinski definition) is 0. The van der Waals surface area contributed by atoms with Crippen LogP contribution in [0, 0.1) is 24.7 Å². The smallest absolute Gasteiger partial charge is 0.416 e. The Hall–Kier alpha value is -4.08. The van der Waals surface area contributed by atoms with E-state index in [9.17, 15) is 26.3 Å². The highest BCUT2D eigenvalue weighted by Gasteiger charge is 2.58. The van der Waals surface area contributed by atoms with Crippen molar-refractivity contribution in [2.24, 2.45) is 24.9 Å². The number of alkyl halides is 6. The van der Waals surface area contributed by atoms with Crippen LogP contribution in [-0.4, -0.2) is 100 Å². The van der Waals surface area contributed by atoms with E-state index in [-0.39, 0.29) is 35.6 Å². The molecule has 2 spiro atoms. The largest absolute Gasteiger partial charge is 0.440 e. The molecule has 4 atom stereocenters. The molecular formula is C46H54Cl2F6N10O2S2. The predicted molar refractivity (Wildman–Crippen MR) is 252 cm³/mol. The second-order valence-electron chi connectivity index (χ2n) is 18.2. The van der Waals surface area contributed by atoms with Crippen molar-refractivity contribution in [3.8, 4) is 23.2 Å². The fraction of sp³-hybridized carbons (Fsp3) is 0.522. The standard InChI is InChI=1S/2C23H26F3N5OS.2ClH/c2*1-15-19(32-14-27-15)20-28-29-21(30(20)2)33-11-3-9-31-10-8-22(13-31)12-18(22)16-4-6-17(7-5-16)23(24,25)26;;/h2*4-7,14,18H,3,8-13H2,1-2H3;2*1H/t2*18-,22-;;/m10../s1. The molecule has 0 N–H and O–H groups in total. The van der Waals surface area contributed by atoms with Gasteiger partial charge >= 0.3 is 12.4 Å². The molecule has 12 nitrogen and oxygen atoms in total. The van der Waals surface area contributed by atoms with Gasteiger partial charge in [0.25, 0.3) is 0 Å². The van der Waals surface area contributed by atoms with E-state index in [2.05, 4.69) is 40.2 Å². The van der Waals surface area contributed by atoms with E-state index in [1.165, 1.54) is 37.1 Å². The highest BCUT2D eigenvalue weighted by Crippen LogP contribution is 2.65. The van der Waals surface area contributed by atoms with Gasteiger partial charge in [-0.05, 0) is 137 Å². The summed E-state index contributed by atoms with van der Waals surface area (Å²) in [5.41, 5.74) is 3.02. The van der Waals surface area contributed by atoms with Crippen LogP contribution >= 0.6 is 48.3 Å². The number of oxazole rings is 2. The number of aryl methyl sites for hydroxylation is 2. The van der Waals surface area contributed by atoms with Gasteiger partial charge in [-0.15, -0.1) is 45.2 Å². The molecule has 68 heavy (non-hydrogen) atoms. The van der Waals surface area contributed by atoms with E-state index < -0.39 is 23.5 Å². The lowest BCUT2D eigenvalue weighted by molar-refractivity contribution is -0.138. The molecule has 4 aliphatic rings. The lowest BCUT2D eigenvalue weighted by atomic mass is 9.97. The van der Waals surface area contributed by atoms with Crippen molar-refractivity contribution in [2.75, 3.05) is 50.8 Å². The predicted octanol–water partition coefficient (Wildman–Crippen LogP) is 11.2. The van der Waals surface area contributed by atoms with E-state index in [1.54, 1.807) is 47.8 Å². The maximum atomic E-state index is 12.8. The van der Waals surface area contributed by atoms with Gasteiger partial charge in [-0.25, -0.2) is 9.97 Å². The summed E-state index contributed by atoms with van der Waals surface area (Å²) in [6, 6.07) is 11.5. The van der Waals surface area contributed by atoms with Crippen LogP contribution in [0.5, 0.6) is 0 Å². The van der Waals surface area contributed by atoms with Gasteiger partial charge in [-0.2, -0.15) is 26.3 Å². The molecular weight excluding hydrogens is 974 g/mol. The van der Waals surface area contributed by atoms with Crippen LogP contribution in [0.1, 0.15) is 84.0 Å². The summed E-state index contributed by atoms with van der Waals surface area (Å²) in [7, 11) is 3.86. The normalized spacial score (nSPS) is 22.3. The Morgan fingerprint density at radius 2 is 0.985 bits per heavy atom. The van der Waals surface area contributed by atoms with Gasteiger partial charge in [0, 0.05) is 38.7 Å². The van der Waals surface area contributed by atoms with E-state index in [0.717, 1.165) is 122 Å². The zero-order chi connectivity index (χ0) is 46.4. The summed E-state index contributed by atoms with van der Waals surface area (Å²) in [5.74, 6) is 5.29. The minimum Gasteiger partial charge on any atom is -0.440 e. The second-order valence-corrected chi connectivity index (χ2v) is 20.3. The molecule has 10 rings (SSSR count). The van der Waals surface area contributed by atoms with Crippen molar-refractivity contribution in [3.05, 3.63) is 95.0 Å². The van der Waals surface area contributed by atoms with Crippen molar-refractivity contribution >= 4 is 48.3 Å². The van der Waals surface area contributed by atoms with E-state index in [4.69, 9.17) is 8.83 Å². The van der Waals surface area contributed by atoms with Crippen LogP contribution in [0.4, 0.5) is 26.3 Å². The minimum absolute atomic E-state index is 0. The number of rotatable bonds is 14. The monoisotopic (exact) mass is 1030 g/mol. The number of thioether (sulfide) groups is 2. The first kappa shape index (κ1) is 51.8. The Bertz CT molecular complexity index is 2440. The van der Waals surface area contributed by atoms with Gasteiger partial charge in [-0.1, -0.05) is 47.8 Å². The van der Waals surface area contributed by atoms with Gasteiger partial charge in [0.2, 0.25) is 11.6 Å². The molecule has 2 saturated heterocycles. The number of hydrogen-bond acceptors (Lipinski definition) is 12. The molecule has 4 aromatic heterocycles. The third-order valence-electron chi connectivity index (χ3n) is 13.9. The Morgan fingerprint density at radius 1 is 0.603 bits per heavy atom. The molecule has 4 fully saturated rings. The highest BCUT2D eigenvalue weighted by atomic mass is 35.5. The lowest BCUT2D eigenvalue weighted by Crippen LogP contribution is -2.23. The van der Waals surface area contributed by atoms with Crippen LogP contribution < -0.4 is 0 Å². The molecule has 2 aliphatic heterocycles.